The van der Waals surface area contributed by atoms with Gasteiger partial charge in [0.25, 0.3) is 0 Å². The van der Waals surface area contributed by atoms with E-state index in [-0.39, 0.29) is 24.8 Å². The maximum atomic E-state index is 12.6. The van der Waals surface area contributed by atoms with E-state index >= 15 is 0 Å². The van der Waals surface area contributed by atoms with Gasteiger partial charge >= 0.3 is 5.97 Å². The Balaban J connectivity index is 0. The van der Waals surface area contributed by atoms with Gasteiger partial charge in [-0.3, -0.25) is 4.79 Å². The summed E-state index contributed by atoms with van der Waals surface area (Å²) in [6.07, 6.45) is 48.5. The Morgan fingerprint density at radius 1 is 0.424 bits per heavy atom. The maximum absolute atomic E-state index is 12.6. The molecule has 0 bridgehead atoms. The molecule has 6 heteroatoms. The molecule has 0 saturated carbocycles. The minimum Gasteiger partial charge on any atom is -0.462 e. The molecule has 0 aromatic rings. The first-order valence-electron chi connectivity index (χ1n) is 26.7. The van der Waals surface area contributed by atoms with Crippen molar-refractivity contribution in [3.63, 3.8) is 0 Å². The molecule has 59 heavy (non-hydrogen) atoms. The number of aliphatic hydroxyl groups is 2. The van der Waals surface area contributed by atoms with Gasteiger partial charge in [-0.25, -0.2) is 0 Å². The fourth-order valence-electron chi connectivity index (χ4n) is 8.23. The summed E-state index contributed by atoms with van der Waals surface area (Å²) in [4.78, 5) is 15.0. The number of hydrogen-bond donors (Lipinski definition) is 2. The quantitative estimate of drug-likeness (QED) is 0.0361. The number of aliphatic hydroxyl groups excluding tert-OH is 2. The van der Waals surface area contributed by atoms with E-state index in [1.165, 1.54) is 199 Å². The van der Waals surface area contributed by atoms with Crippen molar-refractivity contribution in [2.75, 3.05) is 26.2 Å². The molecular weight excluding hydrogens is 731 g/mol. The molecule has 2 N–H and O–H groups in total. The van der Waals surface area contributed by atoms with Crippen molar-refractivity contribution in [3.05, 3.63) is 0 Å². The summed E-state index contributed by atoms with van der Waals surface area (Å²) in [5.41, 5.74) is 0. The van der Waals surface area contributed by atoms with Crippen molar-refractivity contribution in [2.24, 2.45) is 0 Å². The van der Waals surface area contributed by atoms with Gasteiger partial charge < -0.3 is 24.6 Å². The second-order valence-electron chi connectivity index (χ2n) is 18.2. The molecule has 0 aliphatic carbocycles. The summed E-state index contributed by atoms with van der Waals surface area (Å²) >= 11 is 0. The molecular formula is C53H109NO5. The van der Waals surface area contributed by atoms with Gasteiger partial charge in [-0.2, -0.15) is 0 Å². The normalized spacial score (nSPS) is 12.6. The van der Waals surface area contributed by atoms with E-state index in [1.54, 1.807) is 6.92 Å². The summed E-state index contributed by atoms with van der Waals surface area (Å²) in [6.45, 7) is 16.2. The predicted molar refractivity (Wildman–Crippen MR) is 258 cm³/mol. The Labute approximate surface area is 370 Å². The average Bonchev–Trinajstić information content (AvgIpc) is 3.22. The van der Waals surface area contributed by atoms with Crippen molar-refractivity contribution in [1.29, 1.82) is 0 Å². The van der Waals surface area contributed by atoms with Crippen molar-refractivity contribution in [2.45, 2.75) is 310 Å². The second kappa shape index (κ2) is 51.7. The van der Waals surface area contributed by atoms with Gasteiger partial charge in [0.05, 0.1) is 12.7 Å². The van der Waals surface area contributed by atoms with Gasteiger partial charge in [0.15, 0.2) is 6.29 Å². The zero-order chi connectivity index (χ0) is 43.7. The van der Waals surface area contributed by atoms with Crippen LogP contribution in [0.15, 0.2) is 0 Å². The smallest absolute Gasteiger partial charge is 0.306 e. The summed E-state index contributed by atoms with van der Waals surface area (Å²) in [5, 5.41) is 18.9. The topological polar surface area (TPSA) is 79.2 Å². The van der Waals surface area contributed by atoms with Gasteiger partial charge in [-0.05, 0) is 77.8 Å². The number of esters is 1. The zero-order valence-electron chi connectivity index (χ0n) is 41.2. The second-order valence-corrected chi connectivity index (χ2v) is 18.2. The monoisotopic (exact) mass is 840 g/mol. The summed E-state index contributed by atoms with van der Waals surface area (Å²) in [7, 11) is 0. The van der Waals surface area contributed by atoms with Crippen LogP contribution in [0.5, 0.6) is 0 Å². The number of carbonyl (C=O) groups is 1. The number of nitrogens with zero attached hydrogens (tertiary/aromatic N) is 1. The number of ether oxygens (including phenoxy) is 2. The Hall–Kier alpha value is -0.690. The van der Waals surface area contributed by atoms with Gasteiger partial charge in [-0.1, -0.05) is 221 Å². The standard InChI is InChI=1S/C33H67NO3.C20H42O2/c1-4-7-10-13-16-20-25-32(26-21-17-14-11-8-5-2)37-33(36)27-22-19-24-29-34(30-31-35)28-23-18-15-12-9-6-3;1-4-6-8-10-12-14-16-18-20(22-19(3)21)17-15-13-11-9-7-5-2/h32,35H,4-31H2,1-3H3;19-21H,4-18H2,1-3H3. The molecule has 2 atom stereocenters. The molecule has 356 valence electrons. The number of hydrogen-bond acceptors (Lipinski definition) is 6. The highest BCUT2D eigenvalue weighted by Crippen LogP contribution is 2.20. The van der Waals surface area contributed by atoms with Crippen molar-refractivity contribution in [1.82, 2.24) is 4.90 Å². The van der Waals surface area contributed by atoms with E-state index < -0.39 is 6.29 Å². The van der Waals surface area contributed by atoms with Crippen molar-refractivity contribution < 1.29 is 24.5 Å². The van der Waals surface area contributed by atoms with E-state index in [9.17, 15) is 15.0 Å². The van der Waals surface area contributed by atoms with E-state index in [0.717, 1.165) is 64.6 Å². The van der Waals surface area contributed by atoms with Crippen LogP contribution in [0.2, 0.25) is 0 Å². The fourth-order valence-corrected chi connectivity index (χ4v) is 8.23. The molecule has 0 fully saturated rings. The van der Waals surface area contributed by atoms with Crippen LogP contribution in [0, 0.1) is 0 Å². The molecule has 0 radical (unpaired) electrons. The lowest BCUT2D eigenvalue weighted by molar-refractivity contribution is -0.150. The molecule has 2 unspecified atom stereocenters. The molecule has 0 aliphatic heterocycles. The maximum Gasteiger partial charge on any atom is 0.306 e. The molecule has 0 amide bonds. The first-order chi connectivity index (χ1) is 28.9. The lowest BCUT2D eigenvalue weighted by Crippen LogP contribution is -2.29. The van der Waals surface area contributed by atoms with Crippen LogP contribution in [-0.4, -0.2) is 65.8 Å². The Morgan fingerprint density at radius 3 is 1.07 bits per heavy atom. The van der Waals surface area contributed by atoms with Crippen LogP contribution >= 0.6 is 0 Å². The first-order valence-corrected chi connectivity index (χ1v) is 26.7. The zero-order valence-corrected chi connectivity index (χ0v) is 41.2. The Bertz CT molecular complexity index is 763. The lowest BCUT2D eigenvalue weighted by Gasteiger charge is -2.21. The van der Waals surface area contributed by atoms with Crippen LogP contribution in [0.4, 0.5) is 0 Å². The fraction of sp³-hybridized carbons (Fsp3) is 0.981. The summed E-state index contributed by atoms with van der Waals surface area (Å²) < 4.78 is 11.7. The van der Waals surface area contributed by atoms with Gasteiger partial charge in [0.1, 0.15) is 6.10 Å². The lowest BCUT2D eigenvalue weighted by atomic mass is 10.0. The van der Waals surface area contributed by atoms with E-state index in [4.69, 9.17) is 9.47 Å². The van der Waals surface area contributed by atoms with E-state index in [1.807, 2.05) is 0 Å². The van der Waals surface area contributed by atoms with Gasteiger partial charge in [0, 0.05) is 13.0 Å². The highest BCUT2D eigenvalue weighted by molar-refractivity contribution is 5.69. The molecule has 0 heterocycles. The Kier molecular flexibility index (Phi) is 52.9. The highest BCUT2D eigenvalue weighted by Gasteiger charge is 2.15. The van der Waals surface area contributed by atoms with Gasteiger partial charge in [-0.15, -0.1) is 0 Å². The summed E-state index contributed by atoms with van der Waals surface area (Å²) in [6, 6.07) is 0. The molecule has 6 nitrogen and oxygen atoms in total. The van der Waals surface area contributed by atoms with Crippen LogP contribution in [-0.2, 0) is 14.3 Å². The minimum absolute atomic E-state index is 0.0151. The number of carbonyl (C=O) groups excluding carboxylic acids is 1. The van der Waals surface area contributed by atoms with Gasteiger partial charge in [0.2, 0.25) is 0 Å². The molecule has 0 aromatic carbocycles. The largest absolute Gasteiger partial charge is 0.462 e. The third-order valence-corrected chi connectivity index (χ3v) is 12.1. The summed E-state index contributed by atoms with van der Waals surface area (Å²) in [5.74, 6) is 0.0151. The van der Waals surface area contributed by atoms with Crippen LogP contribution < -0.4 is 0 Å². The average molecular weight is 840 g/mol. The van der Waals surface area contributed by atoms with Crippen molar-refractivity contribution in [3.8, 4) is 0 Å². The van der Waals surface area contributed by atoms with Crippen molar-refractivity contribution >= 4 is 5.97 Å². The third kappa shape index (κ3) is 49.8. The van der Waals surface area contributed by atoms with E-state index in [2.05, 4.69) is 39.5 Å². The SMILES string of the molecule is CCCCCCCCC(CCCCCCCC)OC(=O)CCCCCN(CCO)CCCCCCCC.CCCCCCCCCC(CCCCCCCC)OC(C)O. The van der Waals surface area contributed by atoms with Crippen LogP contribution in [0.1, 0.15) is 292 Å². The molecule has 0 rings (SSSR count). The number of unbranched alkanes of at least 4 members (excludes halogenated alkanes) is 28. The van der Waals surface area contributed by atoms with Crippen LogP contribution in [0.3, 0.4) is 0 Å². The first kappa shape index (κ1) is 60.4. The third-order valence-electron chi connectivity index (χ3n) is 12.1. The predicted octanol–water partition coefficient (Wildman–Crippen LogP) is 16.2. The number of rotatable bonds is 47. The highest BCUT2D eigenvalue weighted by atomic mass is 16.6. The Morgan fingerprint density at radius 2 is 0.729 bits per heavy atom. The minimum atomic E-state index is -0.616. The van der Waals surface area contributed by atoms with E-state index in [0.29, 0.717) is 6.42 Å². The molecule has 0 saturated heterocycles. The molecule has 0 aliphatic rings. The molecule has 0 spiro atoms. The molecule has 0 aromatic heterocycles. The van der Waals surface area contributed by atoms with Crippen LogP contribution in [0.25, 0.3) is 0 Å².